The van der Waals surface area contributed by atoms with Crippen LogP contribution in [0.5, 0.6) is 0 Å². The van der Waals surface area contributed by atoms with Crippen molar-refractivity contribution in [3.63, 3.8) is 0 Å². The average Bonchev–Trinajstić information content (AvgIpc) is 2.78. The quantitative estimate of drug-likeness (QED) is 0.842. The van der Waals surface area contributed by atoms with Gasteiger partial charge in [0, 0.05) is 30.1 Å². The fraction of sp³-hybridized carbons (Fsp3) is 0.250. The Hall–Kier alpha value is -1.75. The molecule has 0 aliphatic rings. The predicted molar refractivity (Wildman–Crippen MR) is 71.3 cm³/mol. The first-order chi connectivity index (χ1) is 8.09. The van der Waals surface area contributed by atoms with Crippen molar-refractivity contribution in [2.24, 2.45) is 5.73 Å². The third-order valence-corrected chi connectivity index (χ3v) is 2.70. The van der Waals surface area contributed by atoms with Crippen molar-refractivity contribution in [1.29, 1.82) is 0 Å². The molecule has 0 unspecified atom stereocenters. The maximum Gasteiger partial charge on any atom is 0.138 e. The van der Waals surface area contributed by atoms with Crippen molar-refractivity contribution in [1.82, 2.24) is 14.5 Å². The van der Waals surface area contributed by atoms with Crippen molar-refractivity contribution in [3.8, 4) is 5.82 Å². The predicted octanol–water partition coefficient (Wildman–Crippen LogP) is 2.02. The van der Waals surface area contributed by atoms with Crippen LogP contribution < -0.4 is 5.73 Å². The van der Waals surface area contributed by atoms with Gasteiger partial charge in [-0.05, 0) is 12.1 Å². The number of pyridine rings is 1. The van der Waals surface area contributed by atoms with E-state index in [1.54, 1.807) is 18.5 Å². The Balaban J connectivity index is 2.49. The lowest BCUT2D eigenvalue weighted by molar-refractivity contribution is 0.744. The molecule has 0 amide bonds. The van der Waals surface area contributed by atoms with Gasteiger partial charge in [-0.2, -0.15) is 0 Å². The van der Waals surface area contributed by atoms with Crippen molar-refractivity contribution in [2.75, 3.05) is 0 Å². The first-order valence-electron chi connectivity index (χ1n) is 5.39. The third kappa shape index (κ3) is 2.34. The van der Waals surface area contributed by atoms with Gasteiger partial charge in [-0.15, -0.1) is 0 Å². The molecule has 0 saturated carbocycles. The summed E-state index contributed by atoms with van der Waals surface area (Å²) >= 11 is 4.96. The smallest absolute Gasteiger partial charge is 0.138 e. The number of imidazole rings is 1. The Labute approximate surface area is 106 Å². The molecule has 0 bridgehead atoms. The van der Waals surface area contributed by atoms with E-state index in [-0.39, 0.29) is 0 Å². The lowest BCUT2D eigenvalue weighted by Gasteiger charge is -2.10. The highest BCUT2D eigenvalue weighted by Gasteiger charge is 2.10. The number of nitrogens with two attached hydrogens (primary N) is 1. The van der Waals surface area contributed by atoms with E-state index in [0.29, 0.717) is 10.9 Å². The number of aromatic nitrogens is 3. The summed E-state index contributed by atoms with van der Waals surface area (Å²) in [5, 5.41) is 0. The molecule has 0 saturated heterocycles. The first kappa shape index (κ1) is 11.7. The lowest BCUT2D eigenvalue weighted by atomic mass is 10.2. The van der Waals surface area contributed by atoms with E-state index in [0.717, 1.165) is 17.2 Å². The molecule has 0 aromatic carbocycles. The van der Waals surface area contributed by atoms with Crippen molar-refractivity contribution in [3.05, 3.63) is 42.1 Å². The number of hydrogen-bond donors (Lipinski definition) is 1. The second-order valence-corrected chi connectivity index (χ2v) is 4.52. The molecular weight excluding hydrogens is 232 g/mol. The Morgan fingerprint density at radius 1 is 1.35 bits per heavy atom. The highest BCUT2D eigenvalue weighted by atomic mass is 32.1. The topological polar surface area (TPSA) is 56.7 Å². The zero-order chi connectivity index (χ0) is 12.4. The van der Waals surface area contributed by atoms with Gasteiger partial charge in [0.25, 0.3) is 0 Å². The molecule has 0 radical (unpaired) electrons. The summed E-state index contributed by atoms with van der Waals surface area (Å²) in [5.74, 6) is 2.09. The molecule has 0 fully saturated rings. The fourth-order valence-electron chi connectivity index (χ4n) is 1.64. The molecule has 17 heavy (non-hydrogen) atoms. The van der Waals surface area contributed by atoms with Crippen molar-refractivity contribution >= 4 is 17.2 Å². The van der Waals surface area contributed by atoms with Gasteiger partial charge in [0.05, 0.1) is 0 Å². The van der Waals surface area contributed by atoms with Gasteiger partial charge < -0.3 is 5.73 Å². The SMILES string of the molecule is CC(C)c1nccn1-c1cc(C(N)=S)ccn1. The molecule has 4 nitrogen and oxygen atoms in total. The molecule has 2 aromatic heterocycles. The summed E-state index contributed by atoms with van der Waals surface area (Å²) in [6.07, 6.45) is 5.36. The summed E-state index contributed by atoms with van der Waals surface area (Å²) < 4.78 is 1.95. The van der Waals surface area contributed by atoms with E-state index in [9.17, 15) is 0 Å². The summed E-state index contributed by atoms with van der Waals surface area (Å²) in [4.78, 5) is 9.02. The molecule has 2 aromatic rings. The molecule has 0 aliphatic heterocycles. The van der Waals surface area contributed by atoms with E-state index >= 15 is 0 Å². The largest absolute Gasteiger partial charge is 0.389 e. The van der Waals surface area contributed by atoms with Crippen LogP contribution in [0.2, 0.25) is 0 Å². The van der Waals surface area contributed by atoms with E-state index in [1.165, 1.54) is 0 Å². The number of rotatable bonds is 3. The molecule has 2 N–H and O–H groups in total. The zero-order valence-corrected chi connectivity index (χ0v) is 10.6. The second-order valence-electron chi connectivity index (χ2n) is 4.08. The molecular formula is C12H14N4S. The maximum absolute atomic E-state index is 5.61. The maximum atomic E-state index is 5.61. The van der Waals surface area contributed by atoms with Crippen LogP contribution in [0.15, 0.2) is 30.7 Å². The normalized spacial score (nSPS) is 10.8. The van der Waals surface area contributed by atoms with Gasteiger partial charge in [-0.1, -0.05) is 26.1 Å². The minimum absolute atomic E-state index is 0.334. The Kier molecular flexibility index (Phi) is 3.19. The van der Waals surface area contributed by atoms with Gasteiger partial charge in [0.2, 0.25) is 0 Å². The van der Waals surface area contributed by atoms with Gasteiger partial charge in [-0.25, -0.2) is 9.97 Å². The average molecular weight is 246 g/mol. The lowest BCUT2D eigenvalue weighted by Crippen LogP contribution is -2.11. The van der Waals surface area contributed by atoms with Crippen LogP contribution in [0.25, 0.3) is 5.82 Å². The molecule has 5 heteroatoms. The molecule has 0 spiro atoms. The zero-order valence-electron chi connectivity index (χ0n) is 9.79. The Bertz CT molecular complexity index is 545. The van der Waals surface area contributed by atoms with Crippen LogP contribution in [0.4, 0.5) is 0 Å². The standard InChI is InChI=1S/C12H14N4S/c1-8(2)12-15-5-6-16(12)10-7-9(11(13)17)3-4-14-10/h3-8H,1-2H3,(H2,13,17). The number of nitrogens with zero attached hydrogens (tertiary/aromatic N) is 3. The minimum Gasteiger partial charge on any atom is -0.389 e. The van der Waals surface area contributed by atoms with E-state index in [4.69, 9.17) is 18.0 Å². The van der Waals surface area contributed by atoms with Gasteiger partial charge in [-0.3, -0.25) is 4.57 Å². The van der Waals surface area contributed by atoms with Crippen LogP contribution in [-0.4, -0.2) is 19.5 Å². The summed E-state index contributed by atoms with van der Waals surface area (Å²) in [5.41, 5.74) is 6.43. The number of thiocarbonyl (C=S) groups is 1. The highest BCUT2D eigenvalue weighted by Crippen LogP contribution is 2.16. The molecule has 2 heterocycles. The van der Waals surface area contributed by atoms with E-state index in [2.05, 4.69) is 23.8 Å². The van der Waals surface area contributed by atoms with Crippen LogP contribution >= 0.6 is 12.2 Å². The van der Waals surface area contributed by atoms with Crippen LogP contribution in [-0.2, 0) is 0 Å². The monoisotopic (exact) mass is 246 g/mol. The molecule has 88 valence electrons. The van der Waals surface area contributed by atoms with E-state index < -0.39 is 0 Å². The molecule has 2 rings (SSSR count). The van der Waals surface area contributed by atoms with E-state index in [1.807, 2.05) is 16.8 Å². The van der Waals surface area contributed by atoms with Gasteiger partial charge in [0.1, 0.15) is 16.6 Å². The second kappa shape index (κ2) is 4.63. The Morgan fingerprint density at radius 3 is 2.76 bits per heavy atom. The van der Waals surface area contributed by atoms with Crippen LogP contribution in [0.3, 0.4) is 0 Å². The number of hydrogen-bond acceptors (Lipinski definition) is 3. The van der Waals surface area contributed by atoms with Gasteiger partial charge in [0.15, 0.2) is 0 Å². The van der Waals surface area contributed by atoms with Crippen molar-refractivity contribution in [2.45, 2.75) is 19.8 Å². The highest BCUT2D eigenvalue weighted by molar-refractivity contribution is 7.80. The van der Waals surface area contributed by atoms with Gasteiger partial charge >= 0.3 is 0 Å². The molecule has 0 atom stereocenters. The first-order valence-corrected chi connectivity index (χ1v) is 5.80. The summed E-state index contributed by atoms with van der Waals surface area (Å²) in [7, 11) is 0. The summed E-state index contributed by atoms with van der Waals surface area (Å²) in [6, 6.07) is 3.67. The summed E-state index contributed by atoms with van der Waals surface area (Å²) in [6.45, 7) is 4.19. The third-order valence-electron chi connectivity index (χ3n) is 2.46. The Morgan fingerprint density at radius 2 is 2.12 bits per heavy atom. The van der Waals surface area contributed by atoms with Crippen LogP contribution in [0.1, 0.15) is 31.2 Å². The fourth-order valence-corrected chi connectivity index (χ4v) is 1.77. The molecule has 0 aliphatic carbocycles. The van der Waals surface area contributed by atoms with Crippen molar-refractivity contribution < 1.29 is 0 Å². The minimum atomic E-state index is 0.334. The van der Waals surface area contributed by atoms with Crippen LogP contribution in [0, 0.1) is 0 Å².